The van der Waals surface area contributed by atoms with Gasteiger partial charge in [-0.05, 0) is 30.5 Å². The van der Waals surface area contributed by atoms with Gasteiger partial charge < -0.3 is 25.3 Å². The molecule has 3 rings (SSSR count). The minimum Gasteiger partial charge on any atom is -0.481 e. The summed E-state index contributed by atoms with van der Waals surface area (Å²) in [5.41, 5.74) is 8.00. The largest absolute Gasteiger partial charge is 0.481 e. The summed E-state index contributed by atoms with van der Waals surface area (Å²) in [5.74, 6) is 1.89. The van der Waals surface area contributed by atoms with Crippen molar-refractivity contribution in [2.45, 2.75) is 32.8 Å². The second-order valence-corrected chi connectivity index (χ2v) is 6.27. The quantitative estimate of drug-likeness (QED) is 0.770. The molecule has 1 atom stereocenters. The Hall–Kier alpha value is -2.60. The first-order chi connectivity index (χ1) is 11.9. The van der Waals surface area contributed by atoms with Gasteiger partial charge in [0, 0.05) is 12.1 Å². The SMILES string of the molecule is CC(Oc1cccc(C(C)C)c1)C(=O)Nc1cc2c(cc1N)OCO2.Cl. The molecule has 140 valence electrons. The van der Waals surface area contributed by atoms with Gasteiger partial charge in [-0.1, -0.05) is 26.0 Å². The fraction of sp³-hybridized carbons (Fsp3) is 0.316. The number of carbonyl (C=O) groups excluding carboxylic acids is 1. The highest BCUT2D eigenvalue weighted by molar-refractivity contribution is 5.97. The van der Waals surface area contributed by atoms with Crippen LogP contribution in [0.1, 0.15) is 32.3 Å². The van der Waals surface area contributed by atoms with Crippen LogP contribution in [-0.4, -0.2) is 18.8 Å². The first kappa shape index (κ1) is 19.7. The zero-order chi connectivity index (χ0) is 18.0. The predicted octanol–water partition coefficient (Wildman–Crippen LogP) is 3.95. The van der Waals surface area contributed by atoms with Crippen LogP contribution in [0.25, 0.3) is 0 Å². The highest BCUT2D eigenvalue weighted by Gasteiger charge is 2.20. The summed E-state index contributed by atoms with van der Waals surface area (Å²) in [6.07, 6.45) is -0.674. The van der Waals surface area contributed by atoms with Crippen molar-refractivity contribution in [3.05, 3.63) is 42.0 Å². The molecular weight excluding hydrogens is 356 g/mol. The number of nitrogens with two attached hydrogens (primary N) is 1. The molecule has 0 aliphatic carbocycles. The van der Waals surface area contributed by atoms with Gasteiger partial charge in [0.2, 0.25) is 6.79 Å². The maximum absolute atomic E-state index is 12.4. The molecule has 0 aromatic heterocycles. The molecule has 0 fully saturated rings. The third-order valence-electron chi connectivity index (χ3n) is 4.01. The lowest BCUT2D eigenvalue weighted by Crippen LogP contribution is -2.30. The smallest absolute Gasteiger partial charge is 0.265 e. The predicted molar refractivity (Wildman–Crippen MR) is 103 cm³/mol. The molecule has 26 heavy (non-hydrogen) atoms. The van der Waals surface area contributed by atoms with E-state index in [0.29, 0.717) is 34.5 Å². The third kappa shape index (κ3) is 4.32. The average molecular weight is 379 g/mol. The highest BCUT2D eigenvalue weighted by Crippen LogP contribution is 2.38. The summed E-state index contributed by atoms with van der Waals surface area (Å²) in [4.78, 5) is 12.4. The first-order valence-electron chi connectivity index (χ1n) is 8.20. The summed E-state index contributed by atoms with van der Waals surface area (Å²) in [7, 11) is 0. The second kappa shape index (κ2) is 8.19. The summed E-state index contributed by atoms with van der Waals surface area (Å²) in [5, 5.41) is 2.77. The van der Waals surface area contributed by atoms with E-state index >= 15 is 0 Å². The van der Waals surface area contributed by atoms with Gasteiger partial charge in [0.15, 0.2) is 17.6 Å². The molecule has 7 heteroatoms. The van der Waals surface area contributed by atoms with Gasteiger partial charge in [-0.15, -0.1) is 12.4 Å². The van der Waals surface area contributed by atoms with Crippen LogP contribution in [0.4, 0.5) is 11.4 Å². The Morgan fingerprint density at radius 3 is 2.54 bits per heavy atom. The van der Waals surface area contributed by atoms with Crippen LogP contribution in [0.15, 0.2) is 36.4 Å². The Balaban J connectivity index is 0.00000243. The number of carbonyl (C=O) groups is 1. The third-order valence-corrected chi connectivity index (χ3v) is 4.01. The minimum absolute atomic E-state index is 0. The molecule has 3 N–H and O–H groups in total. The monoisotopic (exact) mass is 378 g/mol. The number of nitrogens with one attached hydrogen (secondary N) is 1. The molecule has 2 aromatic carbocycles. The number of anilines is 2. The van der Waals surface area contributed by atoms with E-state index in [1.165, 1.54) is 0 Å². The summed E-state index contributed by atoms with van der Waals surface area (Å²) in [6, 6.07) is 11.0. The van der Waals surface area contributed by atoms with E-state index in [1.54, 1.807) is 19.1 Å². The van der Waals surface area contributed by atoms with Crippen LogP contribution in [0.3, 0.4) is 0 Å². The number of halogens is 1. The van der Waals surface area contributed by atoms with Gasteiger partial charge in [-0.2, -0.15) is 0 Å². The molecule has 0 saturated carbocycles. The molecule has 0 bridgehead atoms. The fourth-order valence-corrected chi connectivity index (χ4v) is 2.50. The molecule has 1 unspecified atom stereocenters. The summed E-state index contributed by atoms with van der Waals surface area (Å²) >= 11 is 0. The summed E-state index contributed by atoms with van der Waals surface area (Å²) in [6.45, 7) is 6.06. The number of ether oxygens (including phenoxy) is 3. The van der Waals surface area contributed by atoms with Gasteiger partial charge >= 0.3 is 0 Å². The zero-order valence-electron chi connectivity index (χ0n) is 14.9. The summed E-state index contributed by atoms with van der Waals surface area (Å²) < 4.78 is 16.3. The zero-order valence-corrected chi connectivity index (χ0v) is 15.8. The van der Waals surface area contributed by atoms with Crippen LogP contribution in [0.2, 0.25) is 0 Å². The van der Waals surface area contributed by atoms with Crippen LogP contribution in [-0.2, 0) is 4.79 Å². The molecule has 1 amide bonds. The van der Waals surface area contributed by atoms with Gasteiger partial charge in [0.25, 0.3) is 5.91 Å². The van der Waals surface area contributed by atoms with Gasteiger partial charge in [0.05, 0.1) is 11.4 Å². The van der Waals surface area contributed by atoms with Crippen LogP contribution >= 0.6 is 12.4 Å². The van der Waals surface area contributed by atoms with Crippen LogP contribution in [0.5, 0.6) is 17.2 Å². The van der Waals surface area contributed by atoms with E-state index in [0.717, 1.165) is 5.56 Å². The van der Waals surface area contributed by atoms with E-state index in [1.807, 2.05) is 24.3 Å². The van der Waals surface area contributed by atoms with Gasteiger partial charge in [-0.25, -0.2) is 0 Å². The van der Waals surface area contributed by atoms with E-state index in [2.05, 4.69) is 19.2 Å². The Kier molecular flexibility index (Phi) is 6.21. The number of benzene rings is 2. The Morgan fingerprint density at radius 1 is 1.15 bits per heavy atom. The number of hydrogen-bond acceptors (Lipinski definition) is 5. The lowest BCUT2D eigenvalue weighted by atomic mass is 10.0. The van der Waals surface area contributed by atoms with Crippen LogP contribution in [0, 0.1) is 0 Å². The molecular formula is C19H23ClN2O4. The average Bonchev–Trinajstić information content (AvgIpc) is 3.02. The van der Waals surface area contributed by atoms with Crippen molar-refractivity contribution in [3.63, 3.8) is 0 Å². The van der Waals surface area contributed by atoms with E-state index in [-0.39, 0.29) is 25.1 Å². The molecule has 2 aromatic rings. The number of fused-ring (bicyclic) bond motifs is 1. The molecule has 0 saturated heterocycles. The van der Waals surface area contributed by atoms with Crippen molar-refractivity contribution in [1.29, 1.82) is 0 Å². The number of rotatable bonds is 5. The molecule has 0 spiro atoms. The normalized spacial score (nSPS) is 13.1. The Morgan fingerprint density at radius 2 is 1.85 bits per heavy atom. The first-order valence-corrected chi connectivity index (χ1v) is 8.20. The molecule has 1 heterocycles. The standard InChI is InChI=1S/C19H22N2O4.ClH/c1-11(2)13-5-4-6-14(7-13)25-12(3)19(22)21-16-9-18-17(8-15(16)20)23-10-24-18;/h4-9,11-12H,10,20H2,1-3H3,(H,21,22);1H. The Bertz CT molecular complexity index is 795. The van der Waals surface area contributed by atoms with Crippen molar-refractivity contribution >= 4 is 29.7 Å². The van der Waals surface area contributed by atoms with Crippen molar-refractivity contribution in [2.75, 3.05) is 17.8 Å². The number of nitrogen functional groups attached to an aromatic ring is 1. The van der Waals surface area contributed by atoms with E-state index in [4.69, 9.17) is 19.9 Å². The lowest BCUT2D eigenvalue weighted by molar-refractivity contribution is -0.122. The van der Waals surface area contributed by atoms with Crippen molar-refractivity contribution < 1.29 is 19.0 Å². The lowest BCUT2D eigenvalue weighted by Gasteiger charge is -2.17. The van der Waals surface area contributed by atoms with E-state index in [9.17, 15) is 4.79 Å². The van der Waals surface area contributed by atoms with Crippen molar-refractivity contribution in [1.82, 2.24) is 0 Å². The maximum atomic E-state index is 12.4. The van der Waals surface area contributed by atoms with Gasteiger partial charge in [0.1, 0.15) is 5.75 Å². The number of hydrogen-bond donors (Lipinski definition) is 2. The molecule has 6 nitrogen and oxygen atoms in total. The second-order valence-electron chi connectivity index (χ2n) is 6.27. The maximum Gasteiger partial charge on any atom is 0.265 e. The minimum atomic E-state index is -0.674. The Labute approximate surface area is 159 Å². The number of amides is 1. The molecule has 1 aliphatic rings. The molecule has 1 aliphatic heterocycles. The van der Waals surface area contributed by atoms with Crippen molar-refractivity contribution in [3.8, 4) is 17.2 Å². The van der Waals surface area contributed by atoms with Crippen molar-refractivity contribution in [2.24, 2.45) is 0 Å². The topological polar surface area (TPSA) is 82.8 Å². The van der Waals surface area contributed by atoms with Crippen LogP contribution < -0.4 is 25.3 Å². The highest BCUT2D eigenvalue weighted by atomic mass is 35.5. The molecule has 0 radical (unpaired) electrons. The van der Waals surface area contributed by atoms with E-state index < -0.39 is 6.10 Å². The van der Waals surface area contributed by atoms with Gasteiger partial charge in [-0.3, -0.25) is 4.79 Å². The fourth-order valence-electron chi connectivity index (χ4n) is 2.50.